The van der Waals surface area contributed by atoms with Crippen LogP contribution >= 0.6 is 11.6 Å². The number of rotatable bonds is 8. The number of urea groups is 1. The van der Waals surface area contributed by atoms with E-state index in [-0.39, 0.29) is 29.3 Å². The Morgan fingerprint density at radius 3 is 2.56 bits per heavy atom. The molecule has 3 aromatic rings. The molecular weight excluding hydrogens is 534 g/mol. The Morgan fingerprint density at radius 1 is 1.13 bits per heavy atom. The molecule has 1 aliphatic rings. The lowest BCUT2D eigenvalue weighted by Gasteiger charge is -2.09. The van der Waals surface area contributed by atoms with Crippen LogP contribution < -0.4 is 10.1 Å². The number of hydrogen-bond acceptors (Lipinski definition) is 9. The molecule has 1 saturated heterocycles. The van der Waals surface area contributed by atoms with E-state index in [1.807, 2.05) is 0 Å². The zero-order chi connectivity index (χ0) is 28.1. The summed E-state index contributed by atoms with van der Waals surface area (Å²) in [6.07, 6.45) is 3.66. The molecule has 0 radical (unpaired) electrons. The lowest BCUT2D eigenvalue weighted by atomic mass is 10.1. The first kappa shape index (κ1) is 26.8. The summed E-state index contributed by atoms with van der Waals surface area (Å²) in [7, 11) is 1.18. The summed E-state index contributed by atoms with van der Waals surface area (Å²) in [5, 5.41) is 14.5. The third-order valence-corrected chi connectivity index (χ3v) is 5.58. The molecule has 2 aromatic carbocycles. The molecular formula is C26H18ClN3O9. The van der Waals surface area contributed by atoms with Gasteiger partial charge in [-0.15, -0.1) is 0 Å². The van der Waals surface area contributed by atoms with Gasteiger partial charge in [-0.2, -0.15) is 0 Å². The van der Waals surface area contributed by atoms with E-state index >= 15 is 0 Å². The largest absolute Gasteiger partial charge is 0.463 e. The van der Waals surface area contributed by atoms with E-state index in [9.17, 15) is 29.3 Å². The molecule has 4 rings (SSSR count). The highest BCUT2D eigenvalue weighted by Crippen LogP contribution is 2.33. The smallest absolute Gasteiger partial charge is 0.373 e. The Hall–Kier alpha value is -5.23. The number of hydrogen-bond donors (Lipinski definition) is 1. The SMILES string of the molecule is COC(=O)c1ccc(CN2C(=O)N/C(=C\c3cccc([N+](=O)[O-])c3OC(=O)/C=C/c3ccc(Cl)cc3)C2=O)o1. The van der Waals surface area contributed by atoms with Crippen molar-refractivity contribution >= 4 is 53.3 Å². The van der Waals surface area contributed by atoms with Gasteiger partial charge >= 0.3 is 23.7 Å². The highest BCUT2D eigenvalue weighted by atomic mass is 35.5. The molecule has 0 spiro atoms. The van der Waals surface area contributed by atoms with E-state index in [2.05, 4.69) is 10.1 Å². The molecule has 0 atom stereocenters. The predicted octanol–water partition coefficient (Wildman–Crippen LogP) is 4.34. The van der Waals surface area contributed by atoms with Gasteiger partial charge in [0.2, 0.25) is 11.5 Å². The second-order valence-electron chi connectivity index (χ2n) is 7.90. The molecule has 1 aromatic heterocycles. The molecule has 0 bridgehead atoms. The Bertz CT molecular complexity index is 1540. The lowest BCUT2D eigenvalue weighted by molar-refractivity contribution is -0.385. The molecule has 1 fully saturated rings. The van der Waals surface area contributed by atoms with Crippen LogP contribution in [-0.4, -0.2) is 40.8 Å². The van der Waals surface area contributed by atoms with E-state index in [0.29, 0.717) is 10.6 Å². The van der Waals surface area contributed by atoms with Gasteiger partial charge in [0, 0.05) is 22.7 Å². The standard InChI is InChI=1S/C26H18ClN3O9/c1-37-25(33)21-11-10-18(38-21)14-29-24(32)19(28-26(29)34)13-16-3-2-4-20(30(35)36)23(16)39-22(31)12-7-15-5-8-17(27)9-6-15/h2-13H,14H2,1H3,(H,28,34)/b12-7+,19-13-. The van der Waals surface area contributed by atoms with Crippen molar-refractivity contribution in [3.63, 3.8) is 0 Å². The zero-order valence-electron chi connectivity index (χ0n) is 20.1. The third-order valence-electron chi connectivity index (χ3n) is 5.33. The normalized spacial score (nSPS) is 14.1. The fraction of sp³-hybridized carbons (Fsp3) is 0.0769. The molecule has 198 valence electrons. The van der Waals surface area contributed by atoms with Gasteiger partial charge in [-0.05, 0) is 42.0 Å². The number of amides is 3. The summed E-state index contributed by atoms with van der Waals surface area (Å²) in [6, 6.07) is 12.4. The Morgan fingerprint density at radius 2 is 1.87 bits per heavy atom. The summed E-state index contributed by atoms with van der Waals surface area (Å²) < 4.78 is 15.1. The fourth-order valence-corrected chi connectivity index (χ4v) is 3.61. The van der Waals surface area contributed by atoms with Crippen LogP contribution in [0.25, 0.3) is 12.2 Å². The number of methoxy groups -OCH3 is 1. The van der Waals surface area contributed by atoms with Crippen LogP contribution in [0.15, 0.2) is 70.8 Å². The van der Waals surface area contributed by atoms with E-state index < -0.39 is 40.2 Å². The number of carbonyl (C=O) groups is 4. The summed E-state index contributed by atoms with van der Waals surface area (Å²) >= 11 is 5.84. The molecule has 12 nitrogen and oxygen atoms in total. The molecule has 2 heterocycles. The quantitative estimate of drug-likeness (QED) is 0.107. The van der Waals surface area contributed by atoms with Crippen molar-refractivity contribution in [2.24, 2.45) is 0 Å². The first-order valence-electron chi connectivity index (χ1n) is 11.1. The number of furan rings is 1. The minimum absolute atomic E-state index is 0.00563. The predicted molar refractivity (Wildman–Crippen MR) is 136 cm³/mol. The highest BCUT2D eigenvalue weighted by Gasteiger charge is 2.35. The minimum atomic E-state index is -0.915. The summed E-state index contributed by atoms with van der Waals surface area (Å²) in [6.45, 7) is -0.300. The van der Waals surface area contributed by atoms with Gasteiger partial charge in [0.05, 0.1) is 18.6 Å². The number of ether oxygens (including phenoxy) is 2. The molecule has 39 heavy (non-hydrogen) atoms. The van der Waals surface area contributed by atoms with Gasteiger partial charge in [0.15, 0.2) is 0 Å². The van der Waals surface area contributed by atoms with Crippen molar-refractivity contribution in [1.82, 2.24) is 10.2 Å². The van der Waals surface area contributed by atoms with Crippen LogP contribution in [0.1, 0.15) is 27.4 Å². The second kappa shape index (κ2) is 11.4. The molecule has 1 aliphatic heterocycles. The monoisotopic (exact) mass is 551 g/mol. The summed E-state index contributed by atoms with van der Waals surface area (Å²) in [5.74, 6) is -2.81. The first-order valence-corrected chi connectivity index (χ1v) is 11.5. The molecule has 1 N–H and O–H groups in total. The molecule has 3 amide bonds. The van der Waals surface area contributed by atoms with Crippen molar-refractivity contribution in [1.29, 1.82) is 0 Å². The number of nitrogens with one attached hydrogen (secondary N) is 1. The van der Waals surface area contributed by atoms with Crippen LogP contribution in [0, 0.1) is 10.1 Å². The van der Waals surface area contributed by atoms with E-state index in [1.54, 1.807) is 24.3 Å². The van der Waals surface area contributed by atoms with Crippen LogP contribution in [0.2, 0.25) is 5.02 Å². The lowest BCUT2D eigenvalue weighted by Crippen LogP contribution is -2.30. The number of esters is 2. The van der Waals surface area contributed by atoms with Gasteiger partial charge < -0.3 is 19.2 Å². The third kappa shape index (κ3) is 6.19. The van der Waals surface area contributed by atoms with Gasteiger partial charge in [0.1, 0.15) is 11.5 Å². The number of nitrogens with zero attached hydrogens (tertiary/aromatic N) is 2. The van der Waals surface area contributed by atoms with Gasteiger partial charge in [-0.1, -0.05) is 35.9 Å². The Kier molecular flexibility index (Phi) is 7.87. The van der Waals surface area contributed by atoms with Gasteiger partial charge in [0.25, 0.3) is 5.91 Å². The summed E-state index contributed by atoms with van der Waals surface area (Å²) in [4.78, 5) is 61.2. The fourth-order valence-electron chi connectivity index (χ4n) is 3.48. The molecule has 0 aliphatic carbocycles. The Balaban J connectivity index is 1.57. The number of nitro benzene ring substituents is 1. The van der Waals surface area contributed by atoms with Gasteiger partial charge in [-0.3, -0.25) is 19.8 Å². The number of para-hydroxylation sites is 1. The average Bonchev–Trinajstić information content (AvgIpc) is 3.49. The molecule has 0 unspecified atom stereocenters. The van der Waals surface area contributed by atoms with Crippen molar-refractivity contribution in [3.05, 3.63) is 104 Å². The maximum absolute atomic E-state index is 12.9. The number of imide groups is 1. The summed E-state index contributed by atoms with van der Waals surface area (Å²) in [5.41, 5.74) is -0.129. The maximum atomic E-state index is 12.9. The van der Waals surface area contributed by atoms with E-state index in [0.717, 1.165) is 23.1 Å². The average molecular weight is 552 g/mol. The highest BCUT2D eigenvalue weighted by molar-refractivity contribution is 6.30. The van der Waals surface area contributed by atoms with Crippen molar-refractivity contribution in [2.75, 3.05) is 7.11 Å². The minimum Gasteiger partial charge on any atom is -0.463 e. The Labute approximate surface area is 225 Å². The van der Waals surface area contributed by atoms with E-state index in [1.165, 1.54) is 37.5 Å². The molecule has 0 saturated carbocycles. The van der Waals surface area contributed by atoms with Crippen LogP contribution in [-0.2, 0) is 20.9 Å². The second-order valence-corrected chi connectivity index (χ2v) is 8.33. The number of nitro groups is 1. The first-order chi connectivity index (χ1) is 18.7. The number of halogens is 1. The zero-order valence-corrected chi connectivity index (χ0v) is 20.8. The molecule has 13 heteroatoms. The van der Waals surface area contributed by atoms with Crippen LogP contribution in [0.4, 0.5) is 10.5 Å². The number of carbonyl (C=O) groups excluding carboxylic acids is 4. The van der Waals surface area contributed by atoms with E-state index in [4.69, 9.17) is 20.8 Å². The van der Waals surface area contributed by atoms with Crippen LogP contribution in [0.5, 0.6) is 5.75 Å². The van der Waals surface area contributed by atoms with Gasteiger partial charge in [-0.25, -0.2) is 14.4 Å². The number of benzene rings is 2. The topological polar surface area (TPSA) is 158 Å². The van der Waals surface area contributed by atoms with Crippen molar-refractivity contribution in [2.45, 2.75) is 6.54 Å². The van der Waals surface area contributed by atoms with Crippen LogP contribution in [0.3, 0.4) is 0 Å². The van der Waals surface area contributed by atoms with Crippen molar-refractivity contribution in [3.8, 4) is 5.75 Å². The van der Waals surface area contributed by atoms with Crippen molar-refractivity contribution < 1.29 is 38.0 Å². The maximum Gasteiger partial charge on any atom is 0.373 e.